The molecule has 4 nitrogen and oxygen atoms in total. The third kappa shape index (κ3) is 88.0. The number of nitrogens with zero attached hydrogens (tertiary/aromatic N) is 1. The van der Waals surface area contributed by atoms with Gasteiger partial charge in [0.05, 0.1) is 0 Å². The summed E-state index contributed by atoms with van der Waals surface area (Å²) in [5.41, 5.74) is 0. The molecule has 0 atom stereocenters. The molecule has 0 aliphatic rings. The Labute approximate surface area is 73.3 Å². The van der Waals surface area contributed by atoms with Gasteiger partial charge in [-0.05, 0) is 0 Å². The van der Waals surface area contributed by atoms with Crippen molar-refractivity contribution in [3.63, 3.8) is 0 Å². The Morgan fingerprint density at radius 3 is 1.67 bits per heavy atom. The number of hydrogen-bond acceptors (Lipinski definition) is 2. The zero-order valence-electron chi connectivity index (χ0n) is 3.09. The van der Waals surface area contributed by atoms with E-state index in [1.54, 1.807) is 0 Å². The molecule has 0 aromatic carbocycles. The Bertz CT molecular complexity index is 33.8. The predicted octanol–water partition coefficient (Wildman–Crippen LogP) is -6.34. The van der Waals surface area contributed by atoms with Gasteiger partial charge in [0, 0.05) is 0 Å². The van der Waals surface area contributed by atoms with E-state index in [1.807, 2.05) is 0 Å². The van der Waals surface area contributed by atoms with Crippen LogP contribution in [0.15, 0.2) is 0 Å². The van der Waals surface area contributed by atoms with E-state index in [0.717, 1.165) is 0 Å². The minimum absolute atomic E-state index is 0. The maximum Gasteiger partial charge on any atom is 1.00 e. The molecular formula is HINNaO3. The molecule has 32 valence electrons. The molecule has 0 amide bonds. The fourth-order valence-electron chi connectivity index (χ4n) is 0. The Hall–Kier alpha value is 0.930. The molecule has 0 unspecified atom stereocenters. The van der Waals surface area contributed by atoms with Crippen molar-refractivity contribution in [2.24, 2.45) is 0 Å². The van der Waals surface area contributed by atoms with Crippen molar-refractivity contribution in [1.82, 2.24) is 0 Å². The van der Waals surface area contributed by atoms with E-state index in [-0.39, 0.29) is 53.5 Å². The summed E-state index contributed by atoms with van der Waals surface area (Å²) >= 11 is 0. The van der Waals surface area contributed by atoms with E-state index in [2.05, 4.69) is 0 Å². The summed E-state index contributed by atoms with van der Waals surface area (Å²) in [5, 5.41) is 13.6. The smallest absolute Gasteiger partial charge is 1.00 e. The largest absolute Gasteiger partial charge is 1.00 e. The van der Waals surface area contributed by atoms with Crippen LogP contribution in [0.5, 0.6) is 0 Å². The SMILES string of the molecule is O=[N+]([O-])O.[I-].[Na+]. The van der Waals surface area contributed by atoms with Crippen LogP contribution in [0.4, 0.5) is 0 Å². The fraction of sp³-hybridized carbons (Fsp3) is 0. The molecular weight excluding hydrogens is 212 g/mol. The molecule has 6 heteroatoms. The zero-order chi connectivity index (χ0) is 3.58. The van der Waals surface area contributed by atoms with Crippen molar-refractivity contribution < 1.29 is 63.8 Å². The van der Waals surface area contributed by atoms with Gasteiger partial charge in [-0.3, -0.25) is 0 Å². The average Bonchev–Trinajstić information content (AvgIpc) is 0.811. The van der Waals surface area contributed by atoms with Crippen LogP contribution in [0.25, 0.3) is 0 Å². The van der Waals surface area contributed by atoms with Gasteiger partial charge < -0.3 is 29.2 Å². The van der Waals surface area contributed by atoms with E-state index in [9.17, 15) is 0 Å². The molecule has 0 saturated heterocycles. The molecule has 0 aromatic rings. The van der Waals surface area contributed by atoms with Crippen molar-refractivity contribution in [2.45, 2.75) is 0 Å². The minimum atomic E-state index is -1.50. The molecule has 0 aliphatic carbocycles. The normalized spacial score (nSPS) is 4.00. The van der Waals surface area contributed by atoms with Crippen molar-refractivity contribution in [1.29, 1.82) is 0 Å². The van der Waals surface area contributed by atoms with Crippen molar-refractivity contribution in [3.8, 4) is 0 Å². The molecule has 0 aliphatic heterocycles. The summed E-state index contributed by atoms with van der Waals surface area (Å²) in [6.07, 6.45) is 0. The first-order valence-corrected chi connectivity index (χ1v) is 0.565. The Morgan fingerprint density at radius 2 is 1.67 bits per heavy atom. The third-order valence-electron chi connectivity index (χ3n) is 0. The van der Waals surface area contributed by atoms with Crippen LogP contribution in [0.2, 0.25) is 0 Å². The predicted molar refractivity (Wildman–Crippen MR) is 8.78 cm³/mol. The van der Waals surface area contributed by atoms with Crippen LogP contribution in [0.1, 0.15) is 0 Å². The maximum absolute atomic E-state index is 8.36. The van der Waals surface area contributed by atoms with Gasteiger partial charge in [-0.1, -0.05) is 0 Å². The second-order valence-corrected chi connectivity index (χ2v) is 0.238. The standard InChI is InChI=1S/HI.HNO3.Na/c;2-1(3)4;/h1H;(H,2,3,4);/q;;+1/p-1. The second-order valence-electron chi connectivity index (χ2n) is 0.238. The van der Waals surface area contributed by atoms with Crippen molar-refractivity contribution in [3.05, 3.63) is 10.1 Å². The molecule has 0 rings (SSSR count). The van der Waals surface area contributed by atoms with Crippen LogP contribution < -0.4 is 53.5 Å². The molecule has 0 fully saturated rings. The molecule has 0 spiro atoms. The first-order chi connectivity index (χ1) is 1.73. The molecule has 0 heterocycles. The summed E-state index contributed by atoms with van der Waals surface area (Å²) < 4.78 is 0. The molecule has 0 saturated carbocycles. The Kier molecular flexibility index (Phi) is 24.5. The first-order valence-electron chi connectivity index (χ1n) is 0.565. The van der Waals surface area contributed by atoms with Crippen LogP contribution in [0.3, 0.4) is 0 Å². The van der Waals surface area contributed by atoms with Gasteiger partial charge in [-0.15, -0.1) is 10.1 Å². The molecule has 0 aromatic heterocycles. The van der Waals surface area contributed by atoms with Crippen molar-refractivity contribution >= 4 is 0 Å². The van der Waals surface area contributed by atoms with Gasteiger partial charge in [-0.2, -0.15) is 0 Å². The molecule has 1 N–H and O–H groups in total. The molecule has 0 radical (unpaired) electrons. The van der Waals surface area contributed by atoms with Gasteiger partial charge in [0.2, 0.25) is 0 Å². The van der Waals surface area contributed by atoms with E-state index in [0.29, 0.717) is 0 Å². The summed E-state index contributed by atoms with van der Waals surface area (Å²) in [4.78, 5) is 8.36. The zero-order valence-corrected chi connectivity index (χ0v) is 7.25. The second kappa shape index (κ2) is 9.33. The van der Waals surface area contributed by atoms with E-state index < -0.39 is 5.09 Å². The van der Waals surface area contributed by atoms with Gasteiger partial charge in [0.25, 0.3) is 5.09 Å². The Balaban J connectivity index is -0.0000000450. The molecule has 6 heavy (non-hydrogen) atoms. The van der Waals surface area contributed by atoms with E-state index >= 15 is 0 Å². The summed E-state index contributed by atoms with van der Waals surface area (Å²) in [7, 11) is 0. The average molecular weight is 213 g/mol. The number of hydrogen-bond donors (Lipinski definition) is 1. The monoisotopic (exact) mass is 213 g/mol. The van der Waals surface area contributed by atoms with E-state index in [4.69, 9.17) is 15.3 Å². The summed E-state index contributed by atoms with van der Waals surface area (Å²) in [5.74, 6) is 0. The quantitative estimate of drug-likeness (QED) is 0.188. The fourth-order valence-corrected chi connectivity index (χ4v) is 0. The molecule has 0 bridgehead atoms. The minimum Gasteiger partial charge on any atom is -1.00 e. The van der Waals surface area contributed by atoms with Crippen LogP contribution in [-0.4, -0.2) is 10.3 Å². The third-order valence-corrected chi connectivity index (χ3v) is 0. The van der Waals surface area contributed by atoms with E-state index in [1.165, 1.54) is 0 Å². The summed E-state index contributed by atoms with van der Waals surface area (Å²) in [6.45, 7) is 0. The van der Waals surface area contributed by atoms with Crippen LogP contribution >= 0.6 is 0 Å². The first kappa shape index (κ1) is 15.8. The number of rotatable bonds is 0. The van der Waals surface area contributed by atoms with Gasteiger partial charge in [0.15, 0.2) is 0 Å². The van der Waals surface area contributed by atoms with Crippen molar-refractivity contribution in [2.75, 3.05) is 0 Å². The topological polar surface area (TPSA) is 63.4 Å². The Morgan fingerprint density at radius 1 is 1.67 bits per heavy atom. The number of halogens is 1. The van der Waals surface area contributed by atoms with Crippen LogP contribution in [0, 0.1) is 10.1 Å². The maximum atomic E-state index is 8.36. The summed E-state index contributed by atoms with van der Waals surface area (Å²) in [6, 6.07) is 0. The van der Waals surface area contributed by atoms with Crippen LogP contribution in [-0.2, 0) is 0 Å². The van der Waals surface area contributed by atoms with Gasteiger partial charge in [-0.25, -0.2) is 0 Å². The van der Waals surface area contributed by atoms with Gasteiger partial charge >= 0.3 is 29.6 Å². The van der Waals surface area contributed by atoms with Gasteiger partial charge in [0.1, 0.15) is 0 Å².